The molecule has 1 amide bonds. The fourth-order valence-electron chi connectivity index (χ4n) is 2.07. The second-order valence-electron chi connectivity index (χ2n) is 4.91. The lowest BCUT2D eigenvalue weighted by atomic mass is 9.91. The lowest BCUT2D eigenvalue weighted by Gasteiger charge is -2.38. The maximum absolute atomic E-state index is 13.5. The zero-order valence-electron chi connectivity index (χ0n) is 11.0. The van der Waals surface area contributed by atoms with Crippen LogP contribution < -0.4 is 10.1 Å². The first-order valence-electron chi connectivity index (χ1n) is 6.50. The molecule has 1 saturated carbocycles. The van der Waals surface area contributed by atoms with E-state index in [0.717, 1.165) is 0 Å². The molecule has 0 heterocycles. The van der Waals surface area contributed by atoms with Crippen molar-refractivity contribution in [1.82, 2.24) is 5.32 Å². The van der Waals surface area contributed by atoms with Gasteiger partial charge in [-0.05, 0) is 18.6 Å². The van der Waals surface area contributed by atoms with Crippen molar-refractivity contribution in [2.45, 2.75) is 42.7 Å². The number of rotatable bonds is 5. The van der Waals surface area contributed by atoms with Crippen LogP contribution in [0.1, 0.15) is 26.2 Å². The average molecular weight is 320 g/mol. The highest BCUT2D eigenvalue weighted by molar-refractivity contribution is 6.49. The molecule has 110 valence electrons. The largest absolute Gasteiger partial charge is 0.478 e. The molecule has 20 heavy (non-hydrogen) atoms. The van der Waals surface area contributed by atoms with Gasteiger partial charge < -0.3 is 10.1 Å². The number of ether oxygens (including phenoxy) is 1. The van der Waals surface area contributed by atoms with E-state index in [0.29, 0.717) is 19.3 Å². The Morgan fingerprint density at radius 2 is 2.15 bits per heavy atom. The number of amides is 1. The van der Waals surface area contributed by atoms with E-state index >= 15 is 0 Å². The monoisotopic (exact) mass is 319 g/mol. The van der Waals surface area contributed by atoms with Crippen molar-refractivity contribution < 1.29 is 13.9 Å². The fraction of sp³-hybridized carbons (Fsp3) is 0.500. The summed E-state index contributed by atoms with van der Waals surface area (Å²) in [4.78, 5) is 12.1. The Hall–Kier alpha value is -1.00. The SMILES string of the molecule is CCC(Oc1ccccc1F)C(=O)NC1CC(Cl)(Cl)C1. The van der Waals surface area contributed by atoms with Crippen molar-refractivity contribution in [3.63, 3.8) is 0 Å². The van der Waals surface area contributed by atoms with Gasteiger partial charge in [0.05, 0.1) is 0 Å². The van der Waals surface area contributed by atoms with E-state index in [9.17, 15) is 9.18 Å². The summed E-state index contributed by atoms with van der Waals surface area (Å²) in [5, 5.41) is 2.81. The van der Waals surface area contributed by atoms with Gasteiger partial charge in [0.15, 0.2) is 17.7 Å². The molecule has 0 aliphatic heterocycles. The van der Waals surface area contributed by atoms with Gasteiger partial charge in [-0.15, -0.1) is 23.2 Å². The Morgan fingerprint density at radius 1 is 1.50 bits per heavy atom. The second kappa shape index (κ2) is 6.19. The Balaban J connectivity index is 1.91. The minimum Gasteiger partial charge on any atom is -0.478 e. The van der Waals surface area contributed by atoms with Gasteiger partial charge in [-0.25, -0.2) is 4.39 Å². The third-order valence-electron chi connectivity index (χ3n) is 3.21. The van der Waals surface area contributed by atoms with Crippen LogP contribution >= 0.6 is 23.2 Å². The topological polar surface area (TPSA) is 38.3 Å². The summed E-state index contributed by atoms with van der Waals surface area (Å²) < 4.78 is 18.2. The minimum absolute atomic E-state index is 0.0456. The minimum atomic E-state index is -0.744. The standard InChI is InChI=1S/C14H16Cl2FNO2/c1-2-11(20-12-6-4-3-5-10(12)17)13(19)18-9-7-14(15,16)8-9/h3-6,9,11H,2,7-8H2,1H3,(H,18,19). The van der Waals surface area contributed by atoms with Crippen LogP contribution in [0.2, 0.25) is 0 Å². The van der Waals surface area contributed by atoms with E-state index < -0.39 is 16.3 Å². The van der Waals surface area contributed by atoms with E-state index in [1.54, 1.807) is 19.1 Å². The first kappa shape index (κ1) is 15.4. The van der Waals surface area contributed by atoms with Crippen molar-refractivity contribution in [3.8, 4) is 5.75 Å². The van der Waals surface area contributed by atoms with Gasteiger partial charge in [-0.2, -0.15) is 0 Å². The van der Waals surface area contributed by atoms with Gasteiger partial charge in [0, 0.05) is 18.9 Å². The predicted octanol–water partition coefficient (Wildman–Crippen LogP) is 3.44. The highest BCUT2D eigenvalue weighted by atomic mass is 35.5. The third kappa shape index (κ3) is 3.76. The van der Waals surface area contributed by atoms with Gasteiger partial charge in [-0.1, -0.05) is 19.1 Å². The number of benzene rings is 1. The summed E-state index contributed by atoms with van der Waals surface area (Å²) in [7, 11) is 0. The number of alkyl halides is 2. The number of hydrogen-bond donors (Lipinski definition) is 1. The Kier molecular flexibility index (Phi) is 4.76. The van der Waals surface area contributed by atoms with Crippen molar-refractivity contribution in [3.05, 3.63) is 30.1 Å². The lowest BCUT2D eigenvalue weighted by molar-refractivity contribution is -0.129. The molecule has 0 saturated heterocycles. The van der Waals surface area contributed by atoms with Crippen LogP contribution in [0.5, 0.6) is 5.75 Å². The predicted molar refractivity (Wildman–Crippen MR) is 76.7 cm³/mol. The number of halogens is 3. The molecule has 1 atom stereocenters. The summed E-state index contributed by atoms with van der Waals surface area (Å²) in [5.74, 6) is -0.681. The summed E-state index contributed by atoms with van der Waals surface area (Å²) in [6.07, 6.45) is 0.739. The van der Waals surface area contributed by atoms with Gasteiger partial charge in [0.1, 0.15) is 4.33 Å². The van der Waals surface area contributed by atoms with Gasteiger partial charge >= 0.3 is 0 Å². The third-order valence-corrected chi connectivity index (χ3v) is 3.82. The molecule has 1 fully saturated rings. The Labute approximate surface area is 127 Å². The fourth-order valence-corrected chi connectivity index (χ4v) is 2.82. The molecule has 1 unspecified atom stereocenters. The second-order valence-corrected chi connectivity index (χ2v) is 6.56. The molecule has 6 heteroatoms. The molecule has 1 aromatic rings. The normalized spacial score (nSPS) is 19.0. The van der Waals surface area contributed by atoms with Crippen LogP contribution in [0.15, 0.2) is 24.3 Å². The molecule has 3 nitrogen and oxygen atoms in total. The van der Waals surface area contributed by atoms with Gasteiger partial charge in [0.25, 0.3) is 5.91 Å². The molecule has 0 aromatic heterocycles. The molecule has 0 spiro atoms. The molecular formula is C14H16Cl2FNO2. The van der Waals surface area contributed by atoms with Crippen LogP contribution in [0, 0.1) is 5.82 Å². The van der Waals surface area contributed by atoms with Crippen LogP contribution in [-0.2, 0) is 4.79 Å². The zero-order valence-corrected chi connectivity index (χ0v) is 12.5. The lowest BCUT2D eigenvalue weighted by Crippen LogP contribution is -2.52. The van der Waals surface area contributed by atoms with E-state index in [-0.39, 0.29) is 17.7 Å². The number of carbonyl (C=O) groups is 1. The first-order valence-corrected chi connectivity index (χ1v) is 7.26. The van der Waals surface area contributed by atoms with E-state index in [2.05, 4.69) is 5.32 Å². The number of hydrogen-bond acceptors (Lipinski definition) is 2. The number of para-hydroxylation sites is 1. The summed E-state index contributed by atoms with van der Waals surface area (Å²) in [5.41, 5.74) is 0. The molecular weight excluding hydrogens is 304 g/mol. The number of nitrogens with one attached hydrogen (secondary N) is 1. The van der Waals surface area contributed by atoms with Crippen LogP contribution in [0.4, 0.5) is 4.39 Å². The van der Waals surface area contributed by atoms with Crippen molar-refractivity contribution >= 4 is 29.1 Å². The quantitative estimate of drug-likeness (QED) is 0.844. The summed E-state index contributed by atoms with van der Waals surface area (Å²) in [6.45, 7) is 1.80. The van der Waals surface area contributed by atoms with Crippen LogP contribution in [0.3, 0.4) is 0 Å². The van der Waals surface area contributed by atoms with Crippen molar-refractivity contribution in [2.75, 3.05) is 0 Å². The molecule has 1 aliphatic carbocycles. The highest BCUT2D eigenvalue weighted by Crippen LogP contribution is 2.42. The van der Waals surface area contributed by atoms with E-state index in [1.165, 1.54) is 12.1 Å². The van der Waals surface area contributed by atoms with Crippen molar-refractivity contribution in [1.29, 1.82) is 0 Å². The molecule has 2 rings (SSSR count). The number of carbonyl (C=O) groups excluding carboxylic acids is 1. The highest BCUT2D eigenvalue weighted by Gasteiger charge is 2.42. The Morgan fingerprint density at radius 3 is 2.70 bits per heavy atom. The molecule has 0 bridgehead atoms. The maximum Gasteiger partial charge on any atom is 0.261 e. The van der Waals surface area contributed by atoms with Gasteiger partial charge in [0.2, 0.25) is 0 Å². The summed E-state index contributed by atoms with van der Waals surface area (Å²) in [6, 6.07) is 5.97. The average Bonchev–Trinajstić information content (AvgIpc) is 2.35. The molecule has 0 radical (unpaired) electrons. The molecule has 1 aromatic carbocycles. The molecule has 1 N–H and O–H groups in total. The molecule has 1 aliphatic rings. The first-order chi connectivity index (χ1) is 9.41. The zero-order chi connectivity index (χ0) is 14.8. The van der Waals surface area contributed by atoms with Crippen LogP contribution in [-0.4, -0.2) is 22.4 Å². The summed E-state index contributed by atoms with van der Waals surface area (Å²) >= 11 is 11.8. The van der Waals surface area contributed by atoms with Crippen LogP contribution in [0.25, 0.3) is 0 Å². The van der Waals surface area contributed by atoms with E-state index in [4.69, 9.17) is 27.9 Å². The smallest absolute Gasteiger partial charge is 0.261 e. The Bertz CT molecular complexity index is 488. The maximum atomic E-state index is 13.5. The van der Waals surface area contributed by atoms with E-state index in [1.807, 2.05) is 0 Å². The van der Waals surface area contributed by atoms with Gasteiger partial charge in [-0.3, -0.25) is 4.79 Å². The van der Waals surface area contributed by atoms with Crippen molar-refractivity contribution in [2.24, 2.45) is 0 Å².